The summed E-state index contributed by atoms with van der Waals surface area (Å²) >= 11 is 0. The molecule has 1 amide bonds. The fraction of sp³-hybridized carbons (Fsp3) is 0.438. The van der Waals surface area contributed by atoms with Crippen molar-refractivity contribution in [2.75, 3.05) is 0 Å². The average Bonchev–Trinajstić information content (AvgIpc) is 2.47. The van der Waals surface area contributed by atoms with E-state index in [1.165, 1.54) is 31.2 Å². The molecule has 0 aliphatic carbocycles. The van der Waals surface area contributed by atoms with Crippen LogP contribution < -0.4 is 11.1 Å². The van der Waals surface area contributed by atoms with Gasteiger partial charge in [0.25, 0.3) is 0 Å². The van der Waals surface area contributed by atoms with Gasteiger partial charge in [0.15, 0.2) is 0 Å². The third kappa shape index (κ3) is 8.84. The first kappa shape index (κ1) is 21.5. The van der Waals surface area contributed by atoms with Crippen molar-refractivity contribution in [2.45, 2.75) is 39.3 Å². The van der Waals surface area contributed by atoms with Crippen molar-refractivity contribution in [1.82, 2.24) is 5.32 Å². The number of carboxylic acid groups (broad SMARTS) is 2. The lowest BCUT2D eigenvalue weighted by molar-refractivity contribution is -0.141. The Kier molecular flexibility index (Phi) is 9.26. The maximum absolute atomic E-state index is 12.6. The lowest BCUT2D eigenvalue weighted by Crippen LogP contribution is -2.41. The molecule has 0 unspecified atom stereocenters. The second kappa shape index (κ2) is 10.3. The van der Waals surface area contributed by atoms with E-state index in [4.69, 9.17) is 15.9 Å². The highest BCUT2D eigenvalue weighted by molar-refractivity contribution is 5.82. The number of amides is 1. The van der Waals surface area contributed by atoms with Crippen LogP contribution in [0.2, 0.25) is 0 Å². The minimum atomic E-state index is -1.11. The molecule has 1 aromatic carbocycles. The third-order valence-corrected chi connectivity index (χ3v) is 3.03. The molecule has 24 heavy (non-hydrogen) atoms. The Labute approximate surface area is 139 Å². The third-order valence-electron chi connectivity index (χ3n) is 3.03. The Morgan fingerprint density at radius 3 is 1.92 bits per heavy atom. The smallest absolute Gasteiger partial charge is 0.326 e. The number of carbonyl (C=O) groups is 3. The molecule has 0 fully saturated rings. The second-order valence-electron chi connectivity index (χ2n) is 5.53. The van der Waals surface area contributed by atoms with Crippen LogP contribution in [0.3, 0.4) is 0 Å². The summed E-state index contributed by atoms with van der Waals surface area (Å²) < 4.78 is 12.6. The molecule has 0 saturated heterocycles. The number of hydrogen-bond acceptors (Lipinski definition) is 4. The van der Waals surface area contributed by atoms with Crippen LogP contribution in [0.15, 0.2) is 24.3 Å². The standard InChI is InChI=1S/C11H12FNO3.C5H11NO2/c1-7(14)13-10(11(15)16)6-8-2-4-9(12)5-3-8;1-3(2)4(6)5(7)8/h2-5,10H,6H2,1H3,(H,13,14)(H,15,16);3-4H,6H2,1-2H3,(H,7,8)/t10-;4-/m00/s1. The van der Waals surface area contributed by atoms with E-state index in [0.717, 1.165) is 0 Å². The highest BCUT2D eigenvalue weighted by Crippen LogP contribution is 2.06. The van der Waals surface area contributed by atoms with Gasteiger partial charge in [-0.05, 0) is 23.6 Å². The monoisotopic (exact) mass is 342 g/mol. The SMILES string of the molecule is CC(=O)N[C@@H](Cc1ccc(F)cc1)C(=O)O.CC(C)[C@H](N)C(=O)O. The van der Waals surface area contributed by atoms with Gasteiger partial charge in [-0.1, -0.05) is 26.0 Å². The molecule has 0 radical (unpaired) electrons. The Bertz CT molecular complexity index is 560. The summed E-state index contributed by atoms with van der Waals surface area (Å²) in [5, 5.41) is 19.4. The number of nitrogens with two attached hydrogens (primary N) is 1. The highest BCUT2D eigenvalue weighted by Gasteiger charge is 2.18. The Morgan fingerprint density at radius 2 is 1.62 bits per heavy atom. The molecule has 8 heteroatoms. The molecule has 1 aromatic rings. The van der Waals surface area contributed by atoms with Crippen molar-refractivity contribution in [3.05, 3.63) is 35.6 Å². The van der Waals surface area contributed by atoms with E-state index in [1.807, 2.05) is 0 Å². The molecule has 134 valence electrons. The molecule has 0 aliphatic heterocycles. The fourth-order valence-corrected chi connectivity index (χ4v) is 1.59. The Hall–Kier alpha value is -2.48. The van der Waals surface area contributed by atoms with Crippen molar-refractivity contribution in [1.29, 1.82) is 0 Å². The van der Waals surface area contributed by atoms with Gasteiger partial charge in [0.05, 0.1) is 0 Å². The van der Waals surface area contributed by atoms with Crippen molar-refractivity contribution >= 4 is 17.8 Å². The number of hydrogen-bond donors (Lipinski definition) is 4. The summed E-state index contributed by atoms with van der Waals surface area (Å²) in [4.78, 5) is 31.6. The number of aliphatic carboxylic acids is 2. The van der Waals surface area contributed by atoms with Gasteiger partial charge >= 0.3 is 11.9 Å². The minimum Gasteiger partial charge on any atom is -0.480 e. The number of halogens is 1. The molecule has 5 N–H and O–H groups in total. The van der Waals surface area contributed by atoms with Crippen LogP contribution in [-0.2, 0) is 20.8 Å². The summed E-state index contributed by atoms with van der Waals surface area (Å²) in [6.07, 6.45) is 0.134. The van der Waals surface area contributed by atoms with E-state index in [-0.39, 0.29) is 18.2 Å². The van der Waals surface area contributed by atoms with Gasteiger partial charge in [0.2, 0.25) is 5.91 Å². The molecular formula is C16H23FN2O5. The van der Waals surface area contributed by atoms with Gasteiger partial charge in [-0.2, -0.15) is 0 Å². The normalized spacial score (nSPS) is 12.6. The van der Waals surface area contributed by atoms with Gasteiger partial charge in [-0.3, -0.25) is 9.59 Å². The number of benzene rings is 1. The zero-order chi connectivity index (χ0) is 18.9. The van der Waals surface area contributed by atoms with Crippen molar-refractivity contribution in [3.8, 4) is 0 Å². The van der Waals surface area contributed by atoms with E-state index < -0.39 is 29.9 Å². The molecule has 0 spiro atoms. The van der Waals surface area contributed by atoms with Gasteiger partial charge < -0.3 is 21.3 Å². The lowest BCUT2D eigenvalue weighted by Gasteiger charge is -2.12. The minimum absolute atomic E-state index is 0.0208. The van der Waals surface area contributed by atoms with Gasteiger partial charge in [0, 0.05) is 13.3 Å². The number of carboxylic acids is 2. The van der Waals surface area contributed by atoms with Gasteiger partial charge in [0.1, 0.15) is 17.9 Å². The summed E-state index contributed by atoms with van der Waals surface area (Å²) in [6.45, 7) is 4.80. The van der Waals surface area contributed by atoms with Crippen molar-refractivity contribution < 1.29 is 29.0 Å². The molecule has 0 heterocycles. The van der Waals surface area contributed by atoms with Crippen LogP contribution >= 0.6 is 0 Å². The topological polar surface area (TPSA) is 130 Å². The first-order chi connectivity index (χ1) is 11.0. The second-order valence-corrected chi connectivity index (χ2v) is 5.53. The summed E-state index contributed by atoms with van der Waals surface area (Å²) in [6, 6.07) is 3.79. The molecule has 0 saturated carbocycles. The maximum atomic E-state index is 12.6. The fourth-order valence-electron chi connectivity index (χ4n) is 1.59. The summed E-state index contributed by atoms with van der Waals surface area (Å²) in [5.41, 5.74) is 5.81. The summed E-state index contributed by atoms with van der Waals surface area (Å²) in [5.74, 6) is -2.81. The van der Waals surface area contributed by atoms with Crippen LogP contribution in [0.4, 0.5) is 4.39 Å². The number of carbonyl (C=O) groups excluding carboxylic acids is 1. The van der Waals surface area contributed by atoms with Gasteiger partial charge in [-0.25, -0.2) is 9.18 Å². The van der Waals surface area contributed by atoms with Crippen molar-refractivity contribution in [3.63, 3.8) is 0 Å². The molecule has 0 aromatic heterocycles. The maximum Gasteiger partial charge on any atom is 0.326 e. The first-order valence-electron chi connectivity index (χ1n) is 7.27. The van der Waals surface area contributed by atoms with E-state index in [2.05, 4.69) is 5.32 Å². The quantitative estimate of drug-likeness (QED) is 0.610. The molecule has 1 rings (SSSR count). The van der Waals surface area contributed by atoms with E-state index in [0.29, 0.717) is 5.56 Å². The molecule has 0 bridgehead atoms. The van der Waals surface area contributed by atoms with Gasteiger partial charge in [-0.15, -0.1) is 0 Å². The Balaban J connectivity index is 0.000000561. The molecule has 7 nitrogen and oxygen atoms in total. The zero-order valence-corrected chi connectivity index (χ0v) is 13.8. The lowest BCUT2D eigenvalue weighted by atomic mass is 10.1. The molecular weight excluding hydrogens is 319 g/mol. The van der Waals surface area contributed by atoms with E-state index >= 15 is 0 Å². The molecule has 2 atom stereocenters. The zero-order valence-electron chi connectivity index (χ0n) is 13.8. The Morgan fingerprint density at radius 1 is 1.12 bits per heavy atom. The number of nitrogens with one attached hydrogen (secondary N) is 1. The highest BCUT2D eigenvalue weighted by atomic mass is 19.1. The summed E-state index contributed by atoms with van der Waals surface area (Å²) in [7, 11) is 0. The molecule has 0 aliphatic rings. The predicted octanol–water partition coefficient (Wildman–Crippen LogP) is 1.01. The van der Waals surface area contributed by atoms with E-state index in [1.54, 1.807) is 13.8 Å². The van der Waals surface area contributed by atoms with Crippen LogP contribution in [0.25, 0.3) is 0 Å². The van der Waals surface area contributed by atoms with Crippen LogP contribution in [0.5, 0.6) is 0 Å². The first-order valence-corrected chi connectivity index (χ1v) is 7.27. The largest absolute Gasteiger partial charge is 0.480 e. The van der Waals surface area contributed by atoms with Crippen molar-refractivity contribution in [2.24, 2.45) is 11.7 Å². The predicted molar refractivity (Wildman–Crippen MR) is 85.8 cm³/mol. The van der Waals surface area contributed by atoms with E-state index in [9.17, 15) is 18.8 Å². The average molecular weight is 342 g/mol. The van der Waals surface area contributed by atoms with Crippen LogP contribution in [0.1, 0.15) is 26.3 Å². The number of rotatable bonds is 6. The van der Waals surface area contributed by atoms with Crippen LogP contribution in [-0.4, -0.2) is 40.1 Å². The van der Waals surface area contributed by atoms with Crippen LogP contribution in [0, 0.1) is 11.7 Å².